The minimum absolute atomic E-state index is 0.0659. The summed E-state index contributed by atoms with van der Waals surface area (Å²) >= 11 is 0. The average Bonchev–Trinajstić information content (AvgIpc) is 2.81. The van der Waals surface area contributed by atoms with Gasteiger partial charge in [-0.1, -0.05) is 17.7 Å². The molecule has 1 heterocycles. The highest BCUT2D eigenvalue weighted by atomic mass is 32.2. The van der Waals surface area contributed by atoms with Gasteiger partial charge in [0.1, 0.15) is 11.4 Å². The van der Waals surface area contributed by atoms with Gasteiger partial charge in [-0.15, -0.1) is 0 Å². The molecule has 0 saturated heterocycles. The van der Waals surface area contributed by atoms with Gasteiger partial charge in [0.15, 0.2) is 5.82 Å². The van der Waals surface area contributed by atoms with Crippen LogP contribution in [0.5, 0.6) is 5.75 Å². The molecule has 4 N–H and O–H groups in total. The topological polar surface area (TPSA) is 136 Å². The van der Waals surface area contributed by atoms with Crippen LogP contribution < -0.4 is 13.7 Å². The van der Waals surface area contributed by atoms with Crippen molar-refractivity contribution in [3.05, 3.63) is 64.9 Å². The van der Waals surface area contributed by atoms with Crippen LogP contribution in [0.25, 0.3) is 0 Å². The van der Waals surface area contributed by atoms with Gasteiger partial charge < -0.3 is 10.2 Å². The zero-order chi connectivity index (χ0) is 21.6. The second-order valence-electron chi connectivity index (χ2n) is 6.57. The predicted octanol–water partition coefficient (Wildman–Crippen LogP) is 1.81. The summed E-state index contributed by atoms with van der Waals surface area (Å²) in [5.41, 5.74) is 1.32. The van der Waals surface area contributed by atoms with Crippen molar-refractivity contribution in [3.63, 3.8) is 0 Å². The molecule has 29 heavy (non-hydrogen) atoms. The molecule has 12 heteroatoms. The smallest absolute Gasteiger partial charge is 0.330 e. The molecule has 156 valence electrons. The summed E-state index contributed by atoms with van der Waals surface area (Å²) in [6.07, 6.45) is 1.79. The van der Waals surface area contributed by atoms with Crippen molar-refractivity contribution in [1.29, 1.82) is 0 Å². The second-order valence-corrected chi connectivity index (χ2v) is 9.87. The van der Waals surface area contributed by atoms with Gasteiger partial charge in [0, 0.05) is 0 Å². The molecule has 1 aliphatic heterocycles. The standard InChI is InChI=1S/C17H18FN3O6S2/c1-10-3-4-14(19-28(2,24)25)12(5-10)6-11-7-13(18)17(15(22)8-11)21-9-16(23)20-29(21,26)27/h3-5,7-9,19-20,22-23H,6H2,1-2H3. The van der Waals surface area contributed by atoms with Gasteiger partial charge in [0.25, 0.3) is 0 Å². The van der Waals surface area contributed by atoms with Crippen molar-refractivity contribution in [1.82, 2.24) is 4.72 Å². The van der Waals surface area contributed by atoms with Crippen LogP contribution in [-0.4, -0.2) is 33.3 Å². The van der Waals surface area contributed by atoms with Gasteiger partial charge in [-0.2, -0.15) is 8.42 Å². The first-order valence-electron chi connectivity index (χ1n) is 8.17. The Bertz CT molecular complexity index is 1200. The van der Waals surface area contributed by atoms with Crippen LogP contribution in [0.2, 0.25) is 0 Å². The van der Waals surface area contributed by atoms with Crippen LogP contribution in [0.15, 0.2) is 42.4 Å². The minimum atomic E-state index is -4.27. The van der Waals surface area contributed by atoms with Gasteiger partial charge in [-0.25, -0.2) is 21.8 Å². The van der Waals surface area contributed by atoms with Crippen molar-refractivity contribution in [2.75, 3.05) is 15.3 Å². The number of hydrogen-bond donors (Lipinski definition) is 4. The number of halogens is 1. The largest absolute Gasteiger partial charge is 0.506 e. The lowest BCUT2D eigenvalue weighted by Crippen LogP contribution is -2.30. The maximum Gasteiger partial charge on any atom is 0.330 e. The first-order valence-corrected chi connectivity index (χ1v) is 11.5. The summed E-state index contributed by atoms with van der Waals surface area (Å²) in [5.74, 6) is -2.42. The van der Waals surface area contributed by atoms with Crippen LogP contribution in [0, 0.1) is 12.7 Å². The molecule has 0 aromatic heterocycles. The SMILES string of the molecule is Cc1ccc(NS(C)(=O)=O)c(Cc2cc(O)c(N3C=C(O)NS3(=O)=O)c(F)c2)c1. The third kappa shape index (κ3) is 4.54. The van der Waals surface area contributed by atoms with E-state index in [1.807, 2.05) is 0 Å². The Morgan fingerprint density at radius 1 is 1.21 bits per heavy atom. The predicted molar refractivity (Wildman–Crippen MR) is 106 cm³/mol. The average molecular weight is 443 g/mol. The molecule has 0 atom stereocenters. The second kappa shape index (κ2) is 7.12. The highest BCUT2D eigenvalue weighted by Gasteiger charge is 2.33. The molecule has 0 aliphatic carbocycles. The monoisotopic (exact) mass is 443 g/mol. The minimum Gasteiger partial charge on any atom is -0.506 e. The summed E-state index contributed by atoms with van der Waals surface area (Å²) in [6.45, 7) is 1.80. The molecular weight excluding hydrogens is 425 g/mol. The Morgan fingerprint density at radius 2 is 1.90 bits per heavy atom. The molecule has 1 aliphatic rings. The van der Waals surface area contributed by atoms with Crippen molar-refractivity contribution in [2.24, 2.45) is 0 Å². The molecule has 0 fully saturated rings. The van der Waals surface area contributed by atoms with E-state index in [-0.39, 0.29) is 12.0 Å². The third-order valence-electron chi connectivity index (χ3n) is 4.01. The number of benzene rings is 2. The van der Waals surface area contributed by atoms with Crippen LogP contribution in [0.1, 0.15) is 16.7 Å². The van der Waals surface area contributed by atoms with E-state index in [1.165, 1.54) is 6.07 Å². The van der Waals surface area contributed by atoms with E-state index in [0.29, 0.717) is 15.6 Å². The maximum atomic E-state index is 14.7. The molecular formula is C17H18FN3O6S2. The number of sulfonamides is 1. The van der Waals surface area contributed by atoms with E-state index in [4.69, 9.17) is 0 Å². The molecule has 0 radical (unpaired) electrons. The van der Waals surface area contributed by atoms with Crippen molar-refractivity contribution < 1.29 is 31.4 Å². The summed E-state index contributed by atoms with van der Waals surface area (Å²) in [5, 5.41) is 19.6. The van der Waals surface area contributed by atoms with E-state index in [2.05, 4.69) is 4.72 Å². The fourth-order valence-electron chi connectivity index (χ4n) is 2.92. The lowest BCUT2D eigenvalue weighted by Gasteiger charge is -2.18. The Hall–Kier alpha value is -2.99. The normalized spacial score (nSPS) is 15.7. The maximum absolute atomic E-state index is 14.7. The quantitative estimate of drug-likeness (QED) is 0.557. The third-order valence-corrected chi connectivity index (χ3v) is 5.87. The Balaban J connectivity index is 2.00. The number of nitrogens with zero attached hydrogens (tertiary/aromatic N) is 1. The van der Waals surface area contributed by atoms with Crippen LogP contribution in [0.3, 0.4) is 0 Å². The Morgan fingerprint density at radius 3 is 2.45 bits per heavy atom. The highest BCUT2D eigenvalue weighted by Crippen LogP contribution is 2.36. The molecule has 3 rings (SSSR count). The molecule has 0 saturated carbocycles. The number of aryl methyl sites for hydroxylation is 1. The van der Waals surface area contributed by atoms with Crippen molar-refractivity contribution in [2.45, 2.75) is 13.3 Å². The van der Waals surface area contributed by atoms with E-state index in [0.717, 1.165) is 24.1 Å². The summed E-state index contributed by atoms with van der Waals surface area (Å²) in [7, 11) is -7.82. The molecule has 2 aromatic carbocycles. The number of aliphatic hydroxyl groups excluding tert-OH is 1. The van der Waals surface area contributed by atoms with Crippen molar-refractivity contribution >= 4 is 31.6 Å². The number of nitrogens with one attached hydrogen (secondary N) is 2. The number of anilines is 2. The fraction of sp³-hybridized carbons (Fsp3) is 0.176. The van der Waals surface area contributed by atoms with Gasteiger partial charge in [0.05, 0.1) is 18.1 Å². The number of phenolic OH excluding ortho intramolecular Hbond substituents is 1. The van der Waals surface area contributed by atoms with Gasteiger partial charge >= 0.3 is 10.2 Å². The lowest BCUT2D eigenvalue weighted by molar-refractivity contribution is 0.392. The fourth-order valence-corrected chi connectivity index (χ4v) is 4.59. The lowest BCUT2D eigenvalue weighted by atomic mass is 10.0. The molecule has 0 spiro atoms. The van der Waals surface area contributed by atoms with Gasteiger partial charge in [0.2, 0.25) is 15.9 Å². The molecule has 9 nitrogen and oxygen atoms in total. The number of aliphatic hydroxyl groups is 1. The molecule has 0 bridgehead atoms. The van der Waals surface area contributed by atoms with Crippen LogP contribution in [-0.2, 0) is 26.7 Å². The van der Waals surface area contributed by atoms with Crippen molar-refractivity contribution in [3.8, 4) is 5.75 Å². The zero-order valence-electron chi connectivity index (χ0n) is 15.3. The molecule has 2 aromatic rings. The van der Waals surface area contributed by atoms with Gasteiger partial charge in [-0.05, 0) is 42.7 Å². The summed E-state index contributed by atoms with van der Waals surface area (Å²) in [6, 6.07) is 7.20. The number of phenols is 1. The first kappa shape index (κ1) is 20.7. The van der Waals surface area contributed by atoms with E-state index < -0.39 is 43.4 Å². The van der Waals surface area contributed by atoms with E-state index in [1.54, 1.807) is 29.8 Å². The highest BCUT2D eigenvalue weighted by molar-refractivity contribution is 7.92. The van der Waals surface area contributed by atoms with Crippen LogP contribution in [0.4, 0.5) is 15.8 Å². The molecule has 0 unspecified atom stereocenters. The Labute approximate surface area is 167 Å². The van der Waals surface area contributed by atoms with Gasteiger partial charge in [-0.3, -0.25) is 4.72 Å². The number of aromatic hydroxyl groups is 1. The first-order chi connectivity index (χ1) is 13.4. The summed E-state index contributed by atoms with van der Waals surface area (Å²) in [4.78, 5) is 0. The Kier molecular flexibility index (Phi) is 5.09. The summed E-state index contributed by atoms with van der Waals surface area (Å²) < 4.78 is 66.2. The van der Waals surface area contributed by atoms with E-state index in [9.17, 15) is 31.4 Å². The zero-order valence-corrected chi connectivity index (χ0v) is 17.0. The van der Waals surface area contributed by atoms with E-state index >= 15 is 0 Å². The molecule has 0 amide bonds. The van der Waals surface area contributed by atoms with Crippen LogP contribution >= 0.6 is 0 Å². The number of hydrogen-bond acceptors (Lipinski definition) is 6. The number of rotatable bonds is 5.